The minimum Gasteiger partial charge on any atom is -0.497 e. The Labute approximate surface area is 153 Å². The van der Waals surface area contributed by atoms with E-state index in [0.29, 0.717) is 24.3 Å². The van der Waals surface area contributed by atoms with Crippen LogP contribution in [0.4, 0.5) is 0 Å². The average molecular weight is 358 g/mol. The highest BCUT2D eigenvalue weighted by atomic mass is 16.5. The lowest BCUT2D eigenvalue weighted by molar-refractivity contribution is -0.123. The van der Waals surface area contributed by atoms with Crippen LogP contribution in [0.1, 0.15) is 30.0 Å². The van der Waals surface area contributed by atoms with Gasteiger partial charge in [0.2, 0.25) is 5.91 Å². The molecule has 1 aromatic heterocycles. The Morgan fingerprint density at radius 2 is 1.92 bits per heavy atom. The van der Waals surface area contributed by atoms with Gasteiger partial charge in [-0.1, -0.05) is 13.8 Å². The maximum atomic E-state index is 12.5. The van der Waals surface area contributed by atoms with Crippen molar-refractivity contribution in [2.75, 3.05) is 13.7 Å². The third kappa shape index (κ3) is 5.08. The van der Waals surface area contributed by atoms with E-state index in [1.807, 2.05) is 31.7 Å². The summed E-state index contributed by atoms with van der Waals surface area (Å²) in [6.07, 6.45) is 4.22. The van der Waals surface area contributed by atoms with E-state index in [1.54, 1.807) is 37.6 Å². The molecule has 1 unspecified atom stereocenters. The van der Waals surface area contributed by atoms with Crippen molar-refractivity contribution in [2.45, 2.75) is 26.3 Å². The van der Waals surface area contributed by atoms with Crippen LogP contribution in [0.2, 0.25) is 0 Å². The zero-order valence-electron chi connectivity index (χ0n) is 15.7. The minimum atomic E-state index is -0.606. The number of nitrogens with one attached hydrogen (secondary N) is 2. The Balaban J connectivity index is 1.92. The summed E-state index contributed by atoms with van der Waals surface area (Å²) in [6, 6.07) is 6.17. The van der Waals surface area contributed by atoms with E-state index in [0.717, 1.165) is 5.82 Å². The van der Waals surface area contributed by atoms with Gasteiger partial charge in [-0.3, -0.25) is 9.59 Å². The lowest BCUT2D eigenvalue weighted by atomic mass is 10.0. The molecule has 1 aromatic carbocycles. The number of aromatic nitrogens is 2. The lowest BCUT2D eigenvalue weighted by Crippen LogP contribution is -2.50. The molecular weight excluding hydrogens is 332 g/mol. The van der Waals surface area contributed by atoms with Crippen LogP contribution in [0.15, 0.2) is 36.7 Å². The number of methoxy groups -OCH3 is 1. The maximum Gasteiger partial charge on any atom is 0.251 e. The monoisotopic (exact) mass is 358 g/mol. The number of nitrogens with zero attached hydrogens (tertiary/aromatic N) is 2. The smallest absolute Gasteiger partial charge is 0.251 e. The number of hydrogen-bond donors (Lipinski definition) is 2. The van der Waals surface area contributed by atoms with Gasteiger partial charge in [0.1, 0.15) is 17.6 Å². The third-order valence-electron chi connectivity index (χ3n) is 4.16. The van der Waals surface area contributed by atoms with E-state index in [1.165, 1.54) is 0 Å². The molecule has 0 saturated carbocycles. The number of benzene rings is 1. The summed E-state index contributed by atoms with van der Waals surface area (Å²) in [4.78, 5) is 29.1. The lowest BCUT2D eigenvalue weighted by Gasteiger charge is -2.21. The molecule has 2 amide bonds. The number of carbonyl (C=O) groups is 2. The van der Waals surface area contributed by atoms with E-state index >= 15 is 0 Å². The Hall–Kier alpha value is -2.83. The van der Waals surface area contributed by atoms with Crippen molar-refractivity contribution in [3.8, 4) is 5.75 Å². The molecule has 0 saturated heterocycles. The third-order valence-corrected chi connectivity index (χ3v) is 4.16. The van der Waals surface area contributed by atoms with Gasteiger partial charge < -0.3 is 19.9 Å². The Morgan fingerprint density at radius 1 is 1.23 bits per heavy atom. The Bertz CT molecular complexity index is 737. The van der Waals surface area contributed by atoms with Crippen LogP contribution in [0.5, 0.6) is 5.75 Å². The first-order valence-electron chi connectivity index (χ1n) is 8.61. The van der Waals surface area contributed by atoms with E-state index in [2.05, 4.69) is 15.6 Å². The van der Waals surface area contributed by atoms with Crippen molar-refractivity contribution in [1.82, 2.24) is 20.2 Å². The molecule has 7 heteroatoms. The summed E-state index contributed by atoms with van der Waals surface area (Å²) in [5.74, 6) is 1.05. The predicted molar refractivity (Wildman–Crippen MR) is 99.0 cm³/mol. The highest BCUT2D eigenvalue weighted by Crippen LogP contribution is 2.12. The fourth-order valence-corrected chi connectivity index (χ4v) is 2.55. The summed E-state index contributed by atoms with van der Waals surface area (Å²) >= 11 is 0. The zero-order chi connectivity index (χ0) is 19.1. The van der Waals surface area contributed by atoms with Gasteiger partial charge >= 0.3 is 0 Å². The van der Waals surface area contributed by atoms with Gasteiger partial charge in [-0.05, 0) is 30.2 Å². The van der Waals surface area contributed by atoms with Crippen LogP contribution < -0.4 is 15.4 Å². The van der Waals surface area contributed by atoms with Gasteiger partial charge in [0.15, 0.2) is 0 Å². The van der Waals surface area contributed by atoms with Gasteiger partial charge in [-0.15, -0.1) is 0 Å². The average Bonchev–Trinajstić information content (AvgIpc) is 3.04. The molecule has 1 heterocycles. The number of ether oxygens (including phenoxy) is 1. The van der Waals surface area contributed by atoms with Gasteiger partial charge in [0, 0.05) is 38.0 Å². The van der Waals surface area contributed by atoms with Crippen LogP contribution in [0.3, 0.4) is 0 Å². The first-order chi connectivity index (χ1) is 12.4. The second-order valence-electron chi connectivity index (χ2n) is 6.42. The van der Waals surface area contributed by atoms with Gasteiger partial charge in [0.05, 0.1) is 7.11 Å². The molecule has 0 radical (unpaired) electrons. The van der Waals surface area contributed by atoms with Crippen molar-refractivity contribution in [1.29, 1.82) is 0 Å². The molecule has 2 N–H and O–H groups in total. The topological polar surface area (TPSA) is 85.2 Å². The number of amides is 2. The van der Waals surface area contributed by atoms with E-state index in [4.69, 9.17) is 4.74 Å². The molecule has 0 spiro atoms. The number of hydrogen-bond acceptors (Lipinski definition) is 4. The molecule has 0 fully saturated rings. The van der Waals surface area contributed by atoms with Crippen molar-refractivity contribution in [2.24, 2.45) is 13.0 Å². The van der Waals surface area contributed by atoms with Crippen molar-refractivity contribution in [3.63, 3.8) is 0 Å². The molecule has 0 aliphatic carbocycles. The highest BCUT2D eigenvalue weighted by Gasteiger charge is 2.24. The molecule has 2 rings (SSSR count). The van der Waals surface area contributed by atoms with Crippen molar-refractivity contribution >= 4 is 11.8 Å². The van der Waals surface area contributed by atoms with Gasteiger partial charge in [-0.25, -0.2) is 4.98 Å². The van der Waals surface area contributed by atoms with Gasteiger partial charge in [-0.2, -0.15) is 0 Å². The van der Waals surface area contributed by atoms with Crippen LogP contribution in [0.25, 0.3) is 0 Å². The molecule has 0 aliphatic heterocycles. The zero-order valence-corrected chi connectivity index (χ0v) is 15.7. The summed E-state index contributed by atoms with van der Waals surface area (Å²) in [7, 11) is 3.48. The number of aryl methyl sites for hydroxylation is 1. The standard InChI is InChI=1S/C19H26N4O3/c1-13(2)17(19(25)21-10-9-16-20-11-12-23(16)3)22-18(24)14-5-7-15(26-4)8-6-14/h5-8,11-13,17H,9-10H2,1-4H3,(H,21,25)(H,22,24). The van der Waals surface area contributed by atoms with Gasteiger partial charge in [0.25, 0.3) is 5.91 Å². The number of imidazole rings is 1. The molecule has 0 bridgehead atoms. The first-order valence-corrected chi connectivity index (χ1v) is 8.61. The first kappa shape index (κ1) is 19.5. The molecular formula is C19H26N4O3. The predicted octanol–water partition coefficient (Wildman–Crippen LogP) is 1.54. The number of rotatable bonds is 8. The van der Waals surface area contributed by atoms with Crippen molar-refractivity contribution in [3.05, 3.63) is 48.0 Å². The summed E-state index contributed by atoms with van der Waals surface area (Å²) < 4.78 is 7.00. The minimum absolute atomic E-state index is 0.0367. The molecule has 140 valence electrons. The SMILES string of the molecule is COc1ccc(C(=O)NC(C(=O)NCCc2nccn2C)C(C)C)cc1. The molecule has 26 heavy (non-hydrogen) atoms. The van der Waals surface area contributed by atoms with E-state index < -0.39 is 6.04 Å². The van der Waals surface area contributed by atoms with Crippen LogP contribution in [-0.4, -0.2) is 41.1 Å². The normalized spacial score (nSPS) is 11.9. The quantitative estimate of drug-likeness (QED) is 0.750. The maximum absolute atomic E-state index is 12.5. The van der Waals surface area contributed by atoms with Crippen molar-refractivity contribution < 1.29 is 14.3 Å². The highest BCUT2D eigenvalue weighted by molar-refractivity contribution is 5.97. The van der Waals surface area contributed by atoms with Crippen LogP contribution in [0, 0.1) is 5.92 Å². The second-order valence-corrected chi connectivity index (χ2v) is 6.42. The summed E-state index contributed by atoms with van der Waals surface area (Å²) in [6.45, 7) is 4.26. The summed E-state index contributed by atoms with van der Waals surface area (Å²) in [5.41, 5.74) is 0.484. The molecule has 7 nitrogen and oxygen atoms in total. The van der Waals surface area contributed by atoms with Crippen LogP contribution in [-0.2, 0) is 18.3 Å². The van der Waals surface area contributed by atoms with E-state index in [-0.39, 0.29) is 17.7 Å². The molecule has 2 aromatic rings. The Kier molecular flexibility index (Phi) is 6.77. The fraction of sp³-hybridized carbons (Fsp3) is 0.421. The van der Waals surface area contributed by atoms with E-state index in [9.17, 15) is 9.59 Å². The molecule has 1 atom stereocenters. The molecule has 0 aliphatic rings. The largest absolute Gasteiger partial charge is 0.497 e. The second kappa shape index (κ2) is 9.03. The fourth-order valence-electron chi connectivity index (χ4n) is 2.55. The Morgan fingerprint density at radius 3 is 2.46 bits per heavy atom. The van der Waals surface area contributed by atoms with Crippen LogP contribution >= 0.6 is 0 Å². The summed E-state index contributed by atoms with van der Waals surface area (Å²) in [5, 5.41) is 5.69. The number of carbonyl (C=O) groups excluding carboxylic acids is 2.